The Hall–Kier alpha value is -1.06. The van der Waals surface area contributed by atoms with Gasteiger partial charge in [0.15, 0.2) is 0 Å². The quantitative estimate of drug-likeness (QED) is 0.780. The van der Waals surface area contributed by atoms with Crippen LogP contribution >= 0.6 is 23.5 Å². The molecule has 1 aromatic carbocycles. The Labute approximate surface area is 135 Å². The maximum absolute atomic E-state index is 3.41. The third-order valence-electron chi connectivity index (χ3n) is 4.45. The Morgan fingerprint density at radius 2 is 2.19 bits per heavy atom. The highest BCUT2D eigenvalue weighted by Gasteiger charge is 2.32. The van der Waals surface area contributed by atoms with E-state index in [4.69, 9.17) is 0 Å². The molecule has 0 saturated heterocycles. The van der Waals surface area contributed by atoms with Gasteiger partial charge in [-0.2, -0.15) is 0 Å². The zero-order chi connectivity index (χ0) is 14.2. The van der Waals surface area contributed by atoms with E-state index in [0.29, 0.717) is 0 Å². The molecule has 0 fully saturated rings. The van der Waals surface area contributed by atoms with Crippen molar-refractivity contribution in [3.63, 3.8) is 0 Å². The second kappa shape index (κ2) is 5.62. The Balaban J connectivity index is 1.96. The summed E-state index contributed by atoms with van der Waals surface area (Å²) < 4.78 is 1.55. The molecule has 0 aromatic heterocycles. The van der Waals surface area contributed by atoms with Crippen LogP contribution < -0.4 is 5.32 Å². The number of rotatable bonds is 1. The van der Waals surface area contributed by atoms with Crippen molar-refractivity contribution in [2.75, 3.05) is 12.3 Å². The normalized spacial score (nSPS) is 24.0. The highest BCUT2D eigenvalue weighted by Crippen LogP contribution is 2.54. The fourth-order valence-corrected chi connectivity index (χ4v) is 6.29. The van der Waals surface area contributed by atoms with Gasteiger partial charge in [-0.1, -0.05) is 36.9 Å². The Morgan fingerprint density at radius 3 is 3.10 bits per heavy atom. The van der Waals surface area contributed by atoms with E-state index in [2.05, 4.69) is 60.5 Å². The minimum absolute atomic E-state index is 0.725. The van der Waals surface area contributed by atoms with Crippen molar-refractivity contribution in [1.29, 1.82) is 0 Å². The van der Waals surface area contributed by atoms with Crippen LogP contribution in [0.2, 0.25) is 0 Å². The van der Waals surface area contributed by atoms with Gasteiger partial charge in [0.2, 0.25) is 0 Å². The summed E-state index contributed by atoms with van der Waals surface area (Å²) >= 11 is 4.05. The molecule has 0 aliphatic carbocycles. The van der Waals surface area contributed by atoms with E-state index in [1.165, 1.54) is 28.2 Å². The molecule has 0 radical (unpaired) electrons. The molecule has 1 N–H and O–H groups in total. The Morgan fingerprint density at radius 1 is 1.29 bits per heavy atom. The van der Waals surface area contributed by atoms with Crippen molar-refractivity contribution in [1.82, 2.24) is 5.32 Å². The van der Waals surface area contributed by atoms with Gasteiger partial charge in [0.05, 0.1) is 0 Å². The monoisotopic (exact) mass is 313 g/mol. The SMILES string of the molecule is CCC1CSC2=C1C1=C(C=CNCC1)c1ccccc1S2. The van der Waals surface area contributed by atoms with Gasteiger partial charge in [0.25, 0.3) is 0 Å². The number of nitrogens with one attached hydrogen (secondary N) is 1. The van der Waals surface area contributed by atoms with Gasteiger partial charge in [-0.15, -0.1) is 11.8 Å². The molecule has 108 valence electrons. The third kappa shape index (κ3) is 2.27. The molecule has 3 heteroatoms. The predicted molar refractivity (Wildman–Crippen MR) is 94.2 cm³/mol. The molecule has 1 unspecified atom stereocenters. The van der Waals surface area contributed by atoms with Gasteiger partial charge in [-0.25, -0.2) is 0 Å². The number of hydrogen-bond acceptors (Lipinski definition) is 3. The average Bonchev–Trinajstić information content (AvgIpc) is 2.70. The fraction of sp³-hybridized carbons (Fsp3) is 0.333. The van der Waals surface area contributed by atoms with Crippen LogP contribution in [0.1, 0.15) is 25.3 Å². The largest absolute Gasteiger partial charge is 0.391 e. The summed E-state index contributed by atoms with van der Waals surface area (Å²) in [5.41, 5.74) is 6.07. The topological polar surface area (TPSA) is 12.0 Å². The first-order chi connectivity index (χ1) is 10.4. The first kappa shape index (κ1) is 13.6. The Bertz CT molecular complexity index is 670. The summed E-state index contributed by atoms with van der Waals surface area (Å²) in [6.45, 7) is 3.37. The molecule has 0 spiro atoms. The number of hydrogen-bond donors (Lipinski definition) is 1. The molecule has 21 heavy (non-hydrogen) atoms. The van der Waals surface area contributed by atoms with E-state index >= 15 is 0 Å². The maximum atomic E-state index is 3.41. The van der Waals surface area contributed by atoms with Gasteiger partial charge in [0, 0.05) is 21.4 Å². The summed E-state index contributed by atoms with van der Waals surface area (Å²) in [7, 11) is 0. The van der Waals surface area contributed by atoms with E-state index in [-0.39, 0.29) is 0 Å². The molecule has 3 aliphatic heterocycles. The highest BCUT2D eigenvalue weighted by atomic mass is 32.2. The summed E-state index contributed by atoms with van der Waals surface area (Å²) in [6, 6.07) is 8.87. The molecule has 1 aromatic rings. The molecule has 1 nitrogen and oxygen atoms in total. The van der Waals surface area contributed by atoms with E-state index < -0.39 is 0 Å². The smallest absolute Gasteiger partial charge is 0.0488 e. The summed E-state index contributed by atoms with van der Waals surface area (Å²) in [5, 5.41) is 3.41. The van der Waals surface area contributed by atoms with Crippen LogP contribution in [0.3, 0.4) is 0 Å². The van der Waals surface area contributed by atoms with E-state index in [1.807, 2.05) is 11.8 Å². The molecule has 0 bridgehead atoms. The molecule has 0 amide bonds. The third-order valence-corrected chi connectivity index (χ3v) is 7.09. The minimum atomic E-state index is 0.725. The van der Waals surface area contributed by atoms with E-state index in [0.717, 1.165) is 18.9 Å². The van der Waals surface area contributed by atoms with Crippen LogP contribution in [0.15, 0.2) is 56.8 Å². The molecule has 1 atom stereocenters. The van der Waals surface area contributed by atoms with Crippen LogP contribution in [0.5, 0.6) is 0 Å². The molecule has 3 aliphatic rings. The van der Waals surface area contributed by atoms with Crippen molar-refractivity contribution in [3.8, 4) is 0 Å². The molecule has 4 rings (SSSR count). The van der Waals surface area contributed by atoms with Gasteiger partial charge in [0.1, 0.15) is 0 Å². The van der Waals surface area contributed by atoms with Crippen molar-refractivity contribution in [3.05, 3.63) is 57.5 Å². The summed E-state index contributed by atoms with van der Waals surface area (Å²) in [5.74, 6) is 1.98. The lowest BCUT2D eigenvalue weighted by atomic mass is 9.86. The average molecular weight is 313 g/mol. The van der Waals surface area contributed by atoms with Gasteiger partial charge in [-0.05, 0) is 59.4 Å². The van der Waals surface area contributed by atoms with Crippen LogP contribution in [0.4, 0.5) is 0 Å². The van der Waals surface area contributed by atoms with Crippen LogP contribution in [0, 0.1) is 5.92 Å². The van der Waals surface area contributed by atoms with Gasteiger partial charge < -0.3 is 5.32 Å². The van der Waals surface area contributed by atoms with Crippen molar-refractivity contribution in [2.24, 2.45) is 5.92 Å². The molecular formula is C18H19NS2. The second-order valence-corrected chi connectivity index (χ2v) is 7.99. The van der Waals surface area contributed by atoms with Crippen molar-refractivity contribution < 1.29 is 0 Å². The zero-order valence-electron chi connectivity index (χ0n) is 12.2. The zero-order valence-corrected chi connectivity index (χ0v) is 13.8. The molecule has 3 heterocycles. The number of thioether (sulfide) groups is 2. The summed E-state index contributed by atoms with van der Waals surface area (Å²) in [4.78, 5) is 1.41. The lowest BCUT2D eigenvalue weighted by Crippen LogP contribution is -2.10. The van der Waals surface area contributed by atoms with Crippen molar-refractivity contribution >= 4 is 29.1 Å². The first-order valence-electron chi connectivity index (χ1n) is 7.66. The van der Waals surface area contributed by atoms with Crippen LogP contribution in [0.25, 0.3) is 5.57 Å². The second-order valence-electron chi connectivity index (χ2n) is 5.65. The van der Waals surface area contributed by atoms with Gasteiger partial charge in [-0.3, -0.25) is 0 Å². The molecular weight excluding hydrogens is 294 g/mol. The highest BCUT2D eigenvalue weighted by molar-refractivity contribution is 8.22. The van der Waals surface area contributed by atoms with E-state index in [1.54, 1.807) is 15.4 Å². The van der Waals surface area contributed by atoms with Crippen molar-refractivity contribution in [2.45, 2.75) is 24.7 Å². The van der Waals surface area contributed by atoms with Gasteiger partial charge >= 0.3 is 0 Å². The standard InChI is InChI=1S/C18H19NS2/c1-2-12-11-20-18-17(12)15-8-10-19-9-7-13(15)14-5-3-4-6-16(14)21-18/h3-7,9,12,19H,2,8,10-11H2,1H3. The minimum Gasteiger partial charge on any atom is -0.391 e. The lowest BCUT2D eigenvalue weighted by Gasteiger charge is -2.17. The summed E-state index contributed by atoms with van der Waals surface area (Å²) in [6.07, 6.45) is 6.79. The van der Waals surface area contributed by atoms with Crippen LogP contribution in [-0.4, -0.2) is 12.3 Å². The first-order valence-corrected chi connectivity index (χ1v) is 9.46. The Kier molecular flexibility index (Phi) is 3.64. The predicted octanol–water partition coefficient (Wildman–Crippen LogP) is 5.04. The maximum Gasteiger partial charge on any atom is 0.0488 e. The van der Waals surface area contributed by atoms with E-state index in [9.17, 15) is 0 Å². The number of fused-ring (bicyclic) bond motifs is 3. The molecule has 0 saturated carbocycles. The number of allylic oxidation sites excluding steroid dienone is 3. The fourth-order valence-electron chi connectivity index (χ4n) is 3.35. The number of benzene rings is 1. The lowest BCUT2D eigenvalue weighted by molar-refractivity contribution is 0.672. The van der Waals surface area contributed by atoms with Crippen LogP contribution in [-0.2, 0) is 0 Å².